The van der Waals surface area contributed by atoms with E-state index in [0.29, 0.717) is 18.6 Å². The Morgan fingerprint density at radius 2 is 2.00 bits per heavy atom. The molecule has 1 aromatic carbocycles. The summed E-state index contributed by atoms with van der Waals surface area (Å²) in [6.07, 6.45) is -1.97. The second kappa shape index (κ2) is 7.62. The van der Waals surface area contributed by atoms with Gasteiger partial charge < -0.3 is 0 Å². The van der Waals surface area contributed by atoms with Crippen molar-refractivity contribution in [1.82, 2.24) is 5.43 Å². The molecule has 0 aliphatic heterocycles. The molecule has 1 amide bonds. The zero-order valence-corrected chi connectivity index (χ0v) is 11.9. The van der Waals surface area contributed by atoms with Gasteiger partial charge in [-0.2, -0.15) is 13.2 Å². The van der Waals surface area contributed by atoms with E-state index >= 15 is 0 Å². The van der Waals surface area contributed by atoms with E-state index in [1.807, 2.05) is 6.92 Å². The summed E-state index contributed by atoms with van der Waals surface area (Å²) < 4.78 is 37.6. The Morgan fingerprint density at radius 3 is 2.55 bits per heavy atom. The molecule has 6 nitrogen and oxygen atoms in total. The monoisotopic (exact) mass is 319 g/mol. The minimum Gasteiger partial charge on any atom is -0.292 e. The molecule has 0 saturated carbocycles. The first-order valence-corrected chi connectivity index (χ1v) is 6.66. The third-order valence-corrected chi connectivity index (χ3v) is 2.87. The number of unbranched alkanes of at least 4 members (excludes halogenated alkanes) is 2. The van der Waals surface area contributed by atoms with Crippen molar-refractivity contribution in [2.45, 2.75) is 38.8 Å². The van der Waals surface area contributed by atoms with Crippen molar-refractivity contribution < 1.29 is 22.9 Å². The number of nitrogens with zero attached hydrogens (tertiary/aromatic N) is 1. The molecule has 1 rings (SSSR count). The lowest BCUT2D eigenvalue weighted by molar-refractivity contribution is -0.384. The highest BCUT2D eigenvalue weighted by Gasteiger charge is 2.33. The van der Waals surface area contributed by atoms with Crippen LogP contribution in [-0.2, 0) is 11.0 Å². The van der Waals surface area contributed by atoms with Gasteiger partial charge in [-0.15, -0.1) is 0 Å². The van der Waals surface area contributed by atoms with Crippen molar-refractivity contribution in [2.24, 2.45) is 0 Å². The second-order valence-electron chi connectivity index (χ2n) is 4.62. The first-order chi connectivity index (χ1) is 10.3. The molecule has 0 unspecified atom stereocenters. The summed E-state index contributed by atoms with van der Waals surface area (Å²) in [5, 5.41) is 10.8. The molecule has 1 aromatic rings. The average Bonchev–Trinajstić information content (AvgIpc) is 2.44. The number of rotatable bonds is 7. The Kier molecular flexibility index (Phi) is 6.14. The van der Waals surface area contributed by atoms with Crippen LogP contribution in [0.15, 0.2) is 18.2 Å². The Balaban J connectivity index is 2.78. The standard InChI is InChI=1S/C13H16F3N3O3/c1-2-3-4-5-12(20)18-17-10-7-6-9(13(14,15)16)8-11(10)19(21)22/h6-8,17H,2-5H2,1H3,(H,18,20). The number of halogens is 3. The van der Waals surface area contributed by atoms with Crippen LogP contribution < -0.4 is 10.9 Å². The Labute approximate surface area is 124 Å². The summed E-state index contributed by atoms with van der Waals surface area (Å²) in [6.45, 7) is 1.97. The molecule has 0 fully saturated rings. The predicted molar refractivity (Wildman–Crippen MR) is 74.0 cm³/mol. The molecule has 0 aliphatic carbocycles. The molecule has 0 saturated heterocycles. The van der Waals surface area contributed by atoms with Gasteiger partial charge in [0.15, 0.2) is 0 Å². The number of hydrogen-bond donors (Lipinski definition) is 2. The van der Waals surface area contributed by atoms with Gasteiger partial charge in [-0.25, -0.2) is 0 Å². The number of alkyl halides is 3. The van der Waals surface area contributed by atoms with Gasteiger partial charge in [-0.05, 0) is 18.6 Å². The van der Waals surface area contributed by atoms with Gasteiger partial charge in [0.25, 0.3) is 5.69 Å². The number of carbonyl (C=O) groups is 1. The number of nitrogens with one attached hydrogen (secondary N) is 2. The summed E-state index contributed by atoms with van der Waals surface area (Å²) in [4.78, 5) is 21.4. The zero-order chi connectivity index (χ0) is 16.8. The molecular weight excluding hydrogens is 303 g/mol. The predicted octanol–water partition coefficient (Wildman–Crippen LogP) is 3.64. The fourth-order valence-electron chi connectivity index (χ4n) is 1.70. The van der Waals surface area contributed by atoms with Gasteiger partial charge >= 0.3 is 6.18 Å². The molecule has 122 valence electrons. The van der Waals surface area contributed by atoms with Crippen LogP contribution >= 0.6 is 0 Å². The van der Waals surface area contributed by atoms with E-state index in [2.05, 4.69) is 10.9 Å². The van der Waals surface area contributed by atoms with E-state index in [9.17, 15) is 28.1 Å². The maximum absolute atomic E-state index is 12.5. The Morgan fingerprint density at radius 1 is 1.32 bits per heavy atom. The van der Waals surface area contributed by atoms with E-state index in [1.165, 1.54) is 0 Å². The van der Waals surface area contributed by atoms with Crippen LogP contribution in [0.1, 0.15) is 38.2 Å². The lowest BCUT2D eigenvalue weighted by atomic mass is 10.1. The van der Waals surface area contributed by atoms with E-state index in [0.717, 1.165) is 18.9 Å². The smallest absolute Gasteiger partial charge is 0.292 e. The van der Waals surface area contributed by atoms with Crippen molar-refractivity contribution in [3.8, 4) is 0 Å². The fraction of sp³-hybridized carbons (Fsp3) is 0.462. The molecule has 0 aliphatic rings. The minimum atomic E-state index is -4.67. The molecule has 0 bridgehead atoms. The van der Waals surface area contributed by atoms with Crippen LogP contribution in [0.3, 0.4) is 0 Å². The number of hydrazine groups is 1. The number of benzene rings is 1. The molecular formula is C13H16F3N3O3. The number of carbonyl (C=O) groups excluding carboxylic acids is 1. The third-order valence-electron chi connectivity index (χ3n) is 2.87. The van der Waals surface area contributed by atoms with Gasteiger partial charge in [0.2, 0.25) is 5.91 Å². The highest BCUT2D eigenvalue weighted by atomic mass is 19.4. The van der Waals surface area contributed by atoms with Gasteiger partial charge in [0, 0.05) is 12.5 Å². The number of hydrogen-bond acceptors (Lipinski definition) is 4. The summed E-state index contributed by atoms with van der Waals surface area (Å²) in [6, 6.07) is 2.04. The van der Waals surface area contributed by atoms with Crippen molar-refractivity contribution >= 4 is 17.3 Å². The molecule has 0 heterocycles. The van der Waals surface area contributed by atoms with Crippen LogP contribution in [0.5, 0.6) is 0 Å². The van der Waals surface area contributed by atoms with E-state index < -0.39 is 22.4 Å². The third kappa shape index (κ3) is 5.23. The molecule has 9 heteroatoms. The van der Waals surface area contributed by atoms with Crippen molar-refractivity contribution in [3.63, 3.8) is 0 Å². The Bertz CT molecular complexity index is 547. The number of nitro groups is 1. The van der Waals surface area contributed by atoms with Crippen LogP contribution in [0.4, 0.5) is 24.5 Å². The van der Waals surface area contributed by atoms with Gasteiger partial charge in [0.1, 0.15) is 5.69 Å². The summed E-state index contributed by atoms with van der Waals surface area (Å²) in [5.74, 6) is -0.386. The van der Waals surface area contributed by atoms with Crippen LogP contribution in [0.25, 0.3) is 0 Å². The normalized spacial score (nSPS) is 11.1. The first kappa shape index (κ1) is 17.7. The number of anilines is 1. The van der Waals surface area contributed by atoms with Crippen LogP contribution in [0.2, 0.25) is 0 Å². The molecule has 0 aromatic heterocycles. The quantitative estimate of drug-likeness (QED) is 0.456. The van der Waals surface area contributed by atoms with E-state index in [-0.39, 0.29) is 18.0 Å². The molecule has 0 atom stereocenters. The van der Waals surface area contributed by atoms with Gasteiger partial charge in [0.05, 0.1) is 10.5 Å². The lowest BCUT2D eigenvalue weighted by Crippen LogP contribution is -2.29. The highest BCUT2D eigenvalue weighted by molar-refractivity contribution is 5.78. The zero-order valence-electron chi connectivity index (χ0n) is 11.9. The van der Waals surface area contributed by atoms with E-state index in [4.69, 9.17) is 0 Å². The lowest BCUT2D eigenvalue weighted by Gasteiger charge is -2.11. The average molecular weight is 319 g/mol. The molecule has 0 radical (unpaired) electrons. The maximum Gasteiger partial charge on any atom is 0.416 e. The molecule has 2 N–H and O–H groups in total. The fourth-order valence-corrected chi connectivity index (χ4v) is 1.70. The van der Waals surface area contributed by atoms with Crippen LogP contribution in [-0.4, -0.2) is 10.8 Å². The summed E-state index contributed by atoms with van der Waals surface area (Å²) in [5.41, 5.74) is 2.44. The first-order valence-electron chi connectivity index (χ1n) is 6.66. The Hall–Kier alpha value is -2.32. The summed E-state index contributed by atoms with van der Waals surface area (Å²) >= 11 is 0. The molecule has 0 spiro atoms. The van der Waals surface area contributed by atoms with Crippen molar-refractivity contribution in [2.75, 3.05) is 5.43 Å². The largest absolute Gasteiger partial charge is 0.416 e. The van der Waals surface area contributed by atoms with E-state index in [1.54, 1.807) is 0 Å². The molecule has 22 heavy (non-hydrogen) atoms. The van der Waals surface area contributed by atoms with Crippen molar-refractivity contribution in [1.29, 1.82) is 0 Å². The topological polar surface area (TPSA) is 84.3 Å². The maximum atomic E-state index is 12.5. The highest BCUT2D eigenvalue weighted by Crippen LogP contribution is 2.34. The van der Waals surface area contributed by atoms with Gasteiger partial charge in [-0.1, -0.05) is 19.8 Å². The number of amides is 1. The SMILES string of the molecule is CCCCCC(=O)NNc1ccc(C(F)(F)F)cc1[N+](=O)[O-]. The van der Waals surface area contributed by atoms with Crippen molar-refractivity contribution in [3.05, 3.63) is 33.9 Å². The van der Waals surface area contributed by atoms with Crippen LogP contribution in [0, 0.1) is 10.1 Å². The minimum absolute atomic E-state index is 0.207. The summed E-state index contributed by atoms with van der Waals surface area (Å²) in [7, 11) is 0. The second-order valence-corrected chi connectivity index (χ2v) is 4.62. The van der Waals surface area contributed by atoms with Gasteiger partial charge in [-0.3, -0.25) is 25.8 Å². The number of nitro benzene ring substituents is 1.